The van der Waals surface area contributed by atoms with Gasteiger partial charge in [-0.05, 0) is 24.0 Å². The molecule has 1 atom stereocenters. The highest BCUT2D eigenvalue weighted by Crippen LogP contribution is 2.24. The summed E-state index contributed by atoms with van der Waals surface area (Å²) in [6.45, 7) is 5.44. The van der Waals surface area contributed by atoms with Crippen LogP contribution in [0.2, 0.25) is 0 Å². The quantitative estimate of drug-likeness (QED) is 0.768. The van der Waals surface area contributed by atoms with E-state index in [1.54, 1.807) is 12.1 Å². The molecule has 0 aromatic heterocycles. The second-order valence-electron chi connectivity index (χ2n) is 4.37. The summed E-state index contributed by atoms with van der Waals surface area (Å²) in [6, 6.07) is 6.98. The van der Waals surface area contributed by atoms with Gasteiger partial charge in [0.1, 0.15) is 6.10 Å². The van der Waals surface area contributed by atoms with Gasteiger partial charge in [0.2, 0.25) is 0 Å². The zero-order chi connectivity index (χ0) is 13.9. The molecule has 1 rings (SSSR count). The first-order valence-corrected chi connectivity index (χ1v) is 5.59. The number of hydrogen-bond acceptors (Lipinski definition) is 2. The predicted octanol–water partition coefficient (Wildman–Crippen LogP) is 3.98. The van der Waals surface area contributed by atoms with Crippen LogP contribution in [0, 0.1) is 0 Å². The summed E-state index contributed by atoms with van der Waals surface area (Å²) in [5, 5.41) is 0. The van der Waals surface area contributed by atoms with E-state index in [0.29, 0.717) is 11.5 Å². The number of esters is 1. The van der Waals surface area contributed by atoms with E-state index < -0.39 is 18.2 Å². The summed E-state index contributed by atoms with van der Waals surface area (Å²) >= 11 is 0. The molecule has 0 aliphatic rings. The summed E-state index contributed by atoms with van der Waals surface area (Å²) in [6.07, 6.45) is -5.87. The molecule has 0 aliphatic carbocycles. The van der Waals surface area contributed by atoms with Gasteiger partial charge in [-0.2, -0.15) is 13.2 Å². The lowest BCUT2D eigenvalue weighted by Gasteiger charge is -2.15. The molecule has 0 amide bonds. The smallest absolute Gasteiger partial charge is 0.451 e. The summed E-state index contributed by atoms with van der Waals surface area (Å²) in [4.78, 5) is 10.7. The fourth-order valence-electron chi connectivity index (χ4n) is 1.45. The fraction of sp³-hybridized carbons (Fsp3) is 0.462. The molecular weight excluding hydrogens is 245 g/mol. The number of halogens is 3. The second kappa shape index (κ2) is 5.42. The van der Waals surface area contributed by atoms with Crippen molar-refractivity contribution >= 4 is 5.97 Å². The first kappa shape index (κ1) is 14.5. The summed E-state index contributed by atoms with van der Waals surface area (Å²) < 4.78 is 40.4. The van der Waals surface area contributed by atoms with Gasteiger partial charge in [0.05, 0.1) is 0 Å². The standard InChI is InChI=1S/C13H15F3O2/c1-8(2)10-4-6-11(7-5-10)9(3)18-12(17)13(14,15)16/h4-9H,1-3H3. The lowest BCUT2D eigenvalue weighted by atomic mass is 10.0. The zero-order valence-electron chi connectivity index (χ0n) is 10.4. The van der Waals surface area contributed by atoms with Crippen molar-refractivity contribution in [1.82, 2.24) is 0 Å². The van der Waals surface area contributed by atoms with Crippen molar-refractivity contribution in [3.05, 3.63) is 35.4 Å². The molecular formula is C13H15F3O2. The average molecular weight is 260 g/mol. The third kappa shape index (κ3) is 3.75. The van der Waals surface area contributed by atoms with Gasteiger partial charge in [0, 0.05) is 0 Å². The van der Waals surface area contributed by atoms with E-state index in [9.17, 15) is 18.0 Å². The molecule has 1 unspecified atom stereocenters. The van der Waals surface area contributed by atoms with Crippen LogP contribution in [0.4, 0.5) is 13.2 Å². The Kier molecular flexibility index (Phi) is 4.38. The van der Waals surface area contributed by atoms with Gasteiger partial charge in [0.25, 0.3) is 0 Å². The molecule has 0 aliphatic heterocycles. The number of rotatable bonds is 3. The Balaban J connectivity index is 2.73. The van der Waals surface area contributed by atoms with Crippen molar-refractivity contribution in [1.29, 1.82) is 0 Å². The van der Waals surface area contributed by atoms with Crippen molar-refractivity contribution in [2.45, 2.75) is 39.0 Å². The minimum atomic E-state index is -4.95. The van der Waals surface area contributed by atoms with E-state index in [1.807, 2.05) is 26.0 Å². The second-order valence-corrected chi connectivity index (χ2v) is 4.37. The minimum absolute atomic E-state index is 0.340. The molecule has 18 heavy (non-hydrogen) atoms. The van der Waals surface area contributed by atoms with Crippen molar-refractivity contribution in [3.63, 3.8) is 0 Å². The predicted molar refractivity (Wildman–Crippen MR) is 61.1 cm³/mol. The van der Waals surface area contributed by atoms with Crippen LogP contribution in [-0.2, 0) is 9.53 Å². The minimum Gasteiger partial charge on any atom is -0.451 e. The molecule has 0 heterocycles. The summed E-state index contributed by atoms with van der Waals surface area (Å²) in [7, 11) is 0. The van der Waals surface area contributed by atoms with Gasteiger partial charge in [-0.15, -0.1) is 0 Å². The highest BCUT2D eigenvalue weighted by Gasteiger charge is 2.41. The maximum atomic E-state index is 12.0. The first-order chi connectivity index (χ1) is 8.21. The number of alkyl halides is 3. The van der Waals surface area contributed by atoms with E-state index in [1.165, 1.54) is 6.92 Å². The maximum Gasteiger partial charge on any atom is 0.490 e. The Bertz CT molecular complexity index is 407. The number of benzene rings is 1. The number of carbonyl (C=O) groups excluding carboxylic acids is 1. The SMILES string of the molecule is CC(C)c1ccc(C(C)OC(=O)C(F)(F)F)cc1. The monoisotopic (exact) mass is 260 g/mol. The molecule has 0 saturated heterocycles. The molecule has 1 aromatic carbocycles. The van der Waals surface area contributed by atoms with Gasteiger partial charge in [-0.1, -0.05) is 38.1 Å². The summed E-state index contributed by atoms with van der Waals surface area (Å²) in [5.74, 6) is -1.82. The average Bonchev–Trinajstić information content (AvgIpc) is 2.27. The molecule has 0 N–H and O–H groups in total. The molecule has 1 aromatic rings. The fourth-order valence-corrected chi connectivity index (χ4v) is 1.45. The molecule has 0 bridgehead atoms. The van der Waals surface area contributed by atoms with Gasteiger partial charge < -0.3 is 4.74 Å². The Labute approximate surface area is 104 Å². The van der Waals surface area contributed by atoms with Crippen molar-refractivity contribution in [2.24, 2.45) is 0 Å². The van der Waals surface area contributed by atoms with Crippen LogP contribution in [0.15, 0.2) is 24.3 Å². The highest BCUT2D eigenvalue weighted by atomic mass is 19.4. The Morgan fingerprint density at radius 1 is 1.06 bits per heavy atom. The molecule has 0 radical (unpaired) electrons. The Morgan fingerprint density at radius 3 is 1.89 bits per heavy atom. The highest BCUT2D eigenvalue weighted by molar-refractivity contribution is 5.75. The van der Waals surface area contributed by atoms with Crippen LogP contribution in [-0.4, -0.2) is 12.1 Å². The third-order valence-electron chi connectivity index (χ3n) is 2.59. The zero-order valence-corrected chi connectivity index (χ0v) is 10.4. The topological polar surface area (TPSA) is 26.3 Å². The molecule has 0 saturated carbocycles. The van der Waals surface area contributed by atoms with E-state index in [0.717, 1.165) is 5.56 Å². The van der Waals surface area contributed by atoms with E-state index >= 15 is 0 Å². The van der Waals surface area contributed by atoms with Crippen LogP contribution in [0.1, 0.15) is 43.9 Å². The van der Waals surface area contributed by atoms with Gasteiger partial charge in [-0.25, -0.2) is 4.79 Å². The first-order valence-electron chi connectivity index (χ1n) is 5.59. The van der Waals surface area contributed by atoms with Crippen molar-refractivity contribution in [2.75, 3.05) is 0 Å². The molecule has 0 fully saturated rings. The van der Waals surface area contributed by atoms with Crippen LogP contribution in [0.5, 0.6) is 0 Å². The van der Waals surface area contributed by atoms with Crippen molar-refractivity contribution in [3.8, 4) is 0 Å². The third-order valence-corrected chi connectivity index (χ3v) is 2.59. The van der Waals surface area contributed by atoms with E-state index in [2.05, 4.69) is 4.74 Å². The van der Waals surface area contributed by atoms with E-state index in [-0.39, 0.29) is 0 Å². The normalized spacial score (nSPS) is 13.5. The largest absolute Gasteiger partial charge is 0.490 e. The van der Waals surface area contributed by atoms with Gasteiger partial charge >= 0.3 is 12.1 Å². The number of ether oxygens (including phenoxy) is 1. The lowest BCUT2D eigenvalue weighted by molar-refractivity contribution is -0.204. The van der Waals surface area contributed by atoms with E-state index in [4.69, 9.17) is 0 Å². The van der Waals surface area contributed by atoms with Gasteiger partial charge in [-0.3, -0.25) is 0 Å². The molecule has 100 valence electrons. The Morgan fingerprint density at radius 2 is 1.50 bits per heavy atom. The number of hydrogen-bond donors (Lipinski definition) is 0. The molecule has 5 heteroatoms. The van der Waals surface area contributed by atoms with Crippen LogP contribution in [0.25, 0.3) is 0 Å². The Hall–Kier alpha value is -1.52. The van der Waals surface area contributed by atoms with Gasteiger partial charge in [0.15, 0.2) is 0 Å². The lowest BCUT2D eigenvalue weighted by Crippen LogP contribution is -2.26. The summed E-state index contributed by atoms with van der Waals surface area (Å²) in [5.41, 5.74) is 1.62. The number of carbonyl (C=O) groups is 1. The maximum absolute atomic E-state index is 12.0. The van der Waals surface area contributed by atoms with Crippen LogP contribution >= 0.6 is 0 Å². The molecule has 0 spiro atoms. The van der Waals surface area contributed by atoms with Crippen LogP contribution < -0.4 is 0 Å². The van der Waals surface area contributed by atoms with Crippen LogP contribution in [0.3, 0.4) is 0 Å². The van der Waals surface area contributed by atoms with Crippen molar-refractivity contribution < 1.29 is 22.7 Å². The molecule has 2 nitrogen and oxygen atoms in total.